The Morgan fingerprint density at radius 3 is 2.50 bits per heavy atom. The summed E-state index contributed by atoms with van der Waals surface area (Å²) in [6.45, 7) is 5.51. The first kappa shape index (κ1) is 21.2. The minimum absolute atomic E-state index is 0.0180. The van der Waals surface area contributed by atoms with E-state index in [9.17, 15) is 9.59 Å². The maximum Gasteiger partial charge on any atom is 0.255 e. The second-order valence-electron chi connectivity index (χ2n) is 7.10. The molecule has 0 saturated carbocycles. The summed E-state index contributed by atoms with van der Waals surface area (Å²) in [5, 5.41) is 2.74. The highest BCUT2D eigenvalue weighted by Gasteiger charge is 2.21. The van der Waals surface area contributed by atoms with Gasteiger partial charge in [0.1, 0.15) is 12.2 Å². The Hall–Kier alpha value is -3.55. The number of fused-ring (bicyclic) bond motifs is 1. The standard InChI is InChI=1S/C22H26N6O2/c1-3-7-28(8-4-2)22(30)17-9-15-5-6-16(10-19(15)27-20(23)11-17)21(29)26-18-12-24-14-25-13-18/h5-6,9-10,12-14H,3-4,7-8,11H2,1-2H3,(H2,23,27)(H,26,29). The number of hydrogen-bond donors (Lipinski definition) is 2. The topological polar surface area (TPSA) is 114 Å². The van der Waals surface area contributed by atoms with Crippen LogP contribution in [0.25, 0.3) is 6.08 Å². The Labute approximate surface area is 175 Å². The average Bonchev–Trinajstić information content (AvgIpc) is 2.91. The van der Waals surface area contributed by atoms with E-state index in [1.165, 1.54) is 18.7 Å². The molecule has 156 valence electrons. The number of nitrogens with one attached hydrogen (secondary N) is 1. The molecule has 1 aromatic heterocycles. The van der Waals surface area contributed by atoms with Crippen LogP contribution in [0.4, 0.5) is 11.4 Å². The molecule has 2 aromatic rings. The van der Waals surface area contributed by atoms with E-state index in [0.717, 1.165) is 18.4 Å². The molecule has 2 heterocycles. The summed E-state index contributed by atoms with van der Waals surface area (Å²) in [5.41, 5.74) is 8.95. The van der Waals surface area contributed by atoms with Gasteiger partial charge in [-0.3, -0.25) is 9.59 Å². The van der Waals surface area contributed by atoms with Crippen molar-refractivity contribution in [2.45, 2.75) is 33.1 Å². The molecule has 0 radical (unpaired) electrons. The molecule has 0 spiro atoms. The van der Waals surface area contributed by atoms with Gasteiger partial charge in [0.05, 0.1) is 23.8 Å². The fraction of sp³-hybridized carbons (Fsp3) is 0.318. The summed E-state index contributed by atoms with van der Waals surface area (Å²) in [6, 6.07) is 5.15. The highest BCUT2D eigenvalue weighted by molar-refractivity contribution is 6.07. The van der Waals surface area contributed by atoms with Crippen molar-refractivity contribution in [1.29, 1.82) is 0 Å². The van der Waals surface area contributed by atoms with Gasteiger partial charge in [0.25, 0.3) is 5.91 Å². The zero-order valence-electron chi connectivity index (χ0n) is 17.3. The molecule has 8 nitrogen and oxygen atoms in total. The van der Waals surface area contributed by atoms with Gasteiger partial charge in [-0.05, 0) is 31.1 Å². The normalized spacial score (nSPS) is 12.9. The Balaban J connectivity index is 1.87. The van der Waals surface area contributed by atoms with Crippen LogP contribution in [0.3, 0.4) is 0 Å². The van der Waals surface area contributed by atoms with E-state index in [4.69, 9.17) is 5.73 Å². The van der Waals surface area contributed by atoms with Gasteiger partial charge >= 0.3 is 0 Å². The summed E-state index contributed by atoms with van der Waals surface area (Å²) in [6.07, 6.45) is 8.32. The van der Waals surface area contributed by atoms with Gasteiger partial charge in [0.2, 0.25) is 5.91 Å². The minimum Gasteiger partial charge on any atom is -0.387 e. The van der Waals surface area contributed by atoms with Crippen molar-refractivity contribution in [3.63, 3.8) is 0 Å². The van der Waals surface area contributed by atoms with Gasteiger partial charge in [-0.2, -0.15) is 0 Å². The number of benzene rings is 1. The van der Waals surface area contributed by atoms with E-state index in [2.05, 4.69) is 34.1 Å². The fourth-order valence-electron chi connectivity index (χ4n) is 3.29. The van der Waals surface area contributed by atoms with Crippen molar-refractivity contribution in [1.82, 2.24) is 14.9 Å². The molecule has 0 unspecified atom stereocenters. The zero-order chi connectivity index (χ0) is 21.5. The molecule has 2 amide bonds. The quantitative estimate of drug-likeness (QED) is 0.733. The molecule has 0 atom stereocenters. The largest absolute Gasteiger partial charge is 0.387 e. The monoisotopic (exact) mass is 406 g/mol. The van der Waals surface area contributed by atoms with E-state index < -0.39 is 0 Å². The Morgan fingerprint density at radius 1 is 1.13 bits per heavy atom. The van der Waals surface area contributed by atoms with Gasteiger partial charge in [0, 0.05) is 36.2 Å². The number of aliphatic imine (C=N–C) groups is 1. The van der Waals surface area contributed by atoms with Crippen molar-refractivity contribution in [3.05, 3.63) is 53.6 Å². The lowest BCUT2D eigenvalue weighted by Gasteiger charge is -2.22. The van der Waals surface area contributed by atoms with Gasteiger partial charge in [-0.25, -0.2) is 15.0 Å². The van der Waals surface area contributed by atoms with Crippen LogP contribution in [-0.2, 0) is 4.79 Å². The molecule has 3 N–H and O–H groups in total. The van der Waals surface area contributed by atoms with Crippen LogP contribution in [0.5, 0.6) is 0 Å². The molecule has 8 heteroatoms. The average molecular weight is 406 g/mol. The van der Waals surface area contributed by atoms with E-state index in [1.54, 1.807) is 18.2 Å². The number of aromatic nitrogens is 2. The Kier molecular flexibility index (Phi) is 6.90. The summed E-state index contributed by atoms with van der Waals surface area (Å²) < 4.78 is 0. The molecule has 3 rings (SSSR count). The van der Waals surface area contributed by atoms with Gasteiger partial charge in [0.15, 0.2) is 0 Å². The summed E-state index contributed by atoms with van der Waals surface area (Å²) >= 11 is 0. The molecule has 0 bridgehead atoms. The van der Waals surface area contributed by atoms with Gasteiger partial charge in [-0.15, -0.1) is 0 Å². The smallest absolute Gasteiger partial charge is 0.255 e. The number of amides is 2. The predicted octanol–water partition coefficient (Wildman–Crippen LogP) is 3.15. The minimum atomic E-state index is -0.303. The molecule has 30 heavy (non-hydrogen) atoms. The number of anilines is 1. The molecular weight excluding hydrogens is 380 g/mol. The van der Waals surface area contributed by atoms with Crippen LogP contribution >= 0.6 is 0 Å². The molecule has 1 aliphatic heterocycles. The fourth-order valence-corrected chi connectivity index (χ4v) is 3.29. The SMILES string of the molecule is CCCN(CCC)C(=O)C1=Cc2ccc(C(=O)Nc3cncnc3)cc2N=C(N)C1. The van der Waals surface area contributed by atoms with Crippen molar-refractivity contribution in [2.75, 3.05) is 18.4 Å². The molecule has 0 aliphatic carbocycles. The lowest BCUT2D eigenvalue weighted by atomic mass is 10.0. The van der Waals surface area contributed by atoms with Gasteiger partial charge < -0.3 is 16.0 Å². The van der Waals surface area contributed by atoms with Crippen LogP contribution in [-0.4, -0.2) is 45.6 Å². The number of nitrogens with two attached hydrogens (primary N) is 1. The number of rotatable bonds is 7. The van der Waals surface area contributed by atoms with E-state index >= 15 is 0 Å². The Bertz CT molecular complexity index is 978. The maximum atomic E-state index is 13.0. The molecule has 1 aliphatic rings. The first-order valence-electron chi connectivity index (χ1n) is 10.0. The zero-order valence-corrected chi connectivity index (χ0v) is 17.3. The lowest BCUT2D eigenvalue weighted by molar-refractivity contribution is -0.127. The first-order valence-corrected chi connectivity index (χ1v) is 10.0. The number of hydrogen-bond acceptors (Lipinski definition) is 6. The van der Waals surface area contributed by atoms with Crippen molar-refractivity contribution in [2.24, 2.45) is 10.7 Å². The van der Waals surface area contributed by atoms with Crippen LogP contribution in [0.2, 0.25) is 0 Å². The second kappa shape index (κ2) is 9.78. The third-order valence-electron chi connectivity index (χ3n) is 4.63. The molecular formula is C22H26N6O2. The molecule has 1 aromatic carbocycles. The summed E-state index contributed by atoms with van der Waals surface area (Å²) in [7, 11) is 0. The first-order chi connectivity index (χ1) is 14.5. The summed E-state index contributed by atoms with van der Waals surface area (Å²) in [5.74, 6) is 0.0221. The van der Waals surface area contributed by atoms with Crippen LogP contribution in [0.15, 0.2) is 47.5 Å². The molecule has 0 saturated heterocycles. The van der Waals surface area contributed by atoms with Crippen LogP contribution in [0, 0.1) is 0 Å². The highest BCUT2D eigenvalue weighted by atomic mass is 16.2. The second-order valence-corrected chi connectivity index (χ2v) is 7.10. The summed E-state index contributed by atoms with van der Waals surface area (Å²) in [4.78, 5) is 39.6. The number of carbonyl (C=O) groups is 2. The third kappa shape index (κ3) is 5.08. The van der Waals surface area contributed by atoms with E-state index in [0.29, 0.717) is 41.4 Å². The maximum absolute atomic E-state index is 13.0. The van der Waals surface area contributed by atoms with Gasteiger partial charge in [-0.1, -0.05) is 19.9 Å². The Morgan fingerprint density at radius 2 is 1.83 bits per heavy atom. The van der Waals surface area contributed by atoms with E-state index in [-0.39, 0.29) is 18.2 Å². The number of carbonyl (C=O) groups excluding carboxylic acids is 2. The molecule has 0 fully saturated rings. The van der Waals surface area contributed by atoms with Crippen molar-refractivity contribution < 1.29 is 9.59 Å². The van der Waals surface area contributed by atoms with Crippen LogP contribution < -0.4 is 11.1 Å². The van der Waals surface area contributed by atoms with E-state index in [1.807, 2.05) is 11.0 Å². The number of nitrogens with zero attached hydrogens (tertiary/aromatic N) is 4. The van der Waals surface area contributed by atoms with Crippen molar-refractivity contribution >= 4 is 35.1 Å². The predicted molar refractivity (Wildman–Crippen MR) is 117 cm³/mol. The lowest BCUT2D eigenvalue weighted by Crippen LogP contribution is -2.34. The van der Waals surface area contributed by atoms with Crippen LogP contribution in [0.1, 0.15) is 49.0 Å². The highest BCUT2D eigenvalue weighted by Crippen LogP contribution is 2.28. The number of amidine groups is 1. The third-order valence-corrected chi connectivity index (χ3v) is 4.63. The van der Waals surface area contributed by atoms with Crippen molar-refractivity contribution in [3.8, 4) is 0 Å².